The van der Waals surface area contributed by atoms with Gasteiger partial charge in [-0.15, -0.1) is 0 Å². The van der Waals surface area contributed by atoms with Crippen molar-refractivity contribution < 1.29 is 17.9 Å². The van der Waals surface area contributed by atoms with Crippen molar-refractivity contribution >= 4 is 27.3 Å². The van der Waals surface area contributed by atoms with Crippen molar-refractivity contribution in [3.63, 3.8) is 0 Å². The van der Waals surface area contributed by atoms with Gasteiger partial charge in [0.05, 0.1) is 18.6 Å². The van der Waals surface area contributed by atoms with Crippen LogP contribution in [0.4, 0.5) is 11.4 Å². The number of rotatable bonds is 8. The highest BCUT2D eigenvalue weighted by Crippen LogP contribution is 2.21. The first-order valence-electron chi connectivity index (χ1n) is 8.31. The Morgan fingerprint density at radius 2 is 1.81 bits per heavy atom. The van der Waals surface area contributed by atoms with Crippen LogP contribution in [0.25, 0.3) is 0 Å². The largest absolute Gasteiger partial charge is 0.493 e. The van der Waals surface area contributed by atoms with E-state index in [4.69, 9.17) is 4.74 Å². The molecule has 0 saturated heterocycles. The van der Waals surface area contributed by atoms with Crippen LogP contribution in [0.1, 0.15) is 24.0 Å². The third-order valence-electron chi connectivity index (χ3n) is 3.72. The molecule has 0 fully saturated rings. The number of sulfonamides is 1. The summed E-state index contributed by atoms with van der Waals surface area (Å²) in [6.45, 7) is 4.22. The van der Waals surface area contributed by atoms with E-state index in [0.29, 0.717) is 30.8 Å². The van der Waals surface area contributed by atoms with Crippen LogP contribution >= 0.6 is 0 Å². The second-order valence-electron chi connectivity index (χ2n) is 6.17. The number of hydrogen-bond donors (Lipinski definition) is 2. The van der Waals surface area contributed by atoms with Crippen molar-refractivity contribution in [2.75, 3.05) is 22.9 Å². The quantitative estimate of drug-likeness (QED) is 0.691. The van der Waals surface area contributed by atoms with Gasteiger partial charge in [-0.1, -0.05) is 24.3 Å². The van der Waals surface area contributed by atoms with Crippen LogP contribution in [0.15, 0.2) is 42.5 Å². The summed E-state index contributed by atoms with van der Waals surface area (Å²) in [5.41, 5.74) is 2.84. The monoisotopic (exact) mass is 376 g/mol. The first-order chi connectivity index (χ1) is 12.2. The van der Waals surface area contributed by atoms with E-state index in [1.165, 1.54) is 0 Å². The number of amides is 1. The second-order valence-corrected chi connectivity index (χ2v) is 7.92. The SMILES string of the molecule is Cc1ccc(NC(=O)CCCOc2ccccc2C)cc1NS(C)(=O)=O. The minimum Gasteiger partial charge on any atom is -0.493 e. The molecule has 2 aromatic carbocycles. The van der Waals surface area contributed by atoms with Gasteiger partial charge in [0.1, 0.15) is 5.75 Å². The van der Waals surface area contributed by atoms with Gasteiger partial charge in [0.25, 0.3) is 0 Å². The molecular formula is C19H24N2O4S. The summed E-state index contributed by atoms with van der Waals surface area (Å²) in [6.07, 6.45) is 1.99. The van der Waals surface area contributed by atoms with Gasteiger partial charge in [-0.25, -0.2) is 8.42 Å². The zero-order valence-corrected chi connectivity index (χ0v) is 16.0. The maximum Gasteiger partial charge on any atom is 0.229 e. The van der Waals surface area contributed by atoms with E-state index in [0.717, 1.165) is 23.1 Å². The lowest BCUT2D eigenvalue weighted by atomic mass is 10.2. The Labute approximate surface area is 154 Å². The highest BCUT2D eigenvalue weighted by molar-refractivity contribution is 7.92. The van der Waals surface area contributed by atoms with E-state index in [1.807, 2.05) is 31.2 Å². The number of aryl methyl sites for hydroxylation is 2. The summed E-state index contributed by atoms with van der Waals surface area (Å²) < 4.78 is 30.9. The number of carbonyl (C=O) groups is 1. The fourth-order valence-electron chi connectivity index (χ4n) is 2.37. The molecule has 2 N–H and O–H groups in total. The predicted molar refractivity (Wildman–Crippen MR) is 104 cm³/mol. The maximum absolute atomic E-state index is 12.1. The molecule has 140 valence electrons. The molecule has 0 aliphatic carbocycles. The van der Waals surface area contributed by atoms with Crippen molar-refractivity contribution in [2.45, 2.75) is 26.7 Å². The molecule has 0 heterocycles. The standard InChI is InChI=1S/C19H24N2O4S/c1-14-10-11-16(13-17(14)21-26(3,23)24)20-19(22)9-6-12-25-18-8-5-4-7-15(18)2/h4-5,7-8,10-11,13,21H,6,9,12H2,1-3H3,(H,20,22). The fraction of sp³-hybridized carbons (Fsp3) is 0.316. The molecular weight excluding hydrogens is 352 g/mol. The van der Waals surface area contributed by atoms with Crippen LogP contribution < -0.4 is 14.8 Å². The van der Waals surface area contributed by atoms with E-state index >= 15 is 0 Å². The second kappa shape index (κ2) is 8.71. The van der Waals surface area contributed by atoms with Crippen LogP contribution in [0.2, 0.25) is 0 Å². The lowest BCUT2D eigenvalue weighted by Gasteiger charge is -2.11. The summed E-state index contributed by atoms with van der Waals surface area (Å²) in [7, 11) is -3.37. The van der Waals surface area contributed by atoms with Crippen LogP contribution in [0.3, 0.4) is 0 Å². The zero-order chi connectivity index (χ0) is 19.2. The van der Waals surface area contributed by atoms with E-state index in [9.17, 15) is 13.2 Å². The topological polar surface area (TPSA) is 84.5 Å². The highest BCUT2D eigenvalue weighted by atomic mass is 32.2. The molecule has 0 bridgehead atoms. The molecule has 0 unspecified atom stereocenters. The van der Waals surface area contributed by atoms with Gasteiger partial charge >= 0.3 is 0 Å². The Morgan fingerprint density at radius 3 is 2.50 bits per heavy atom. The molecule has 0 radical (unpaired) electrons. The number of ether oxygens (including phenoxy) is 1. The maximum atomic E-state index is 12.1. The molecule has 26 heavy (non-hydrogen) atoms. The Kier molecular flexibility index (Phi) is 6.63. The fourth-order valence-corrected chi connectivity index (χ4v) is 2.99. The van der Waals surface area contributed by atoms with Crippen molar-refractivity contribution in [2.24, 2.45) is 0 Å². The van der Waals surface area contributed by atoms with Crippen LogP contribution in [0.5, 0.6) is 5.75 Å². The first-order valence-corrected chi connectivity index (χ1v) is 10.2. The van der Waals surface area contributed by atoms with Gasteiger partial charge < -0.3 is 10.1 Å². The van der Waals surface area contributed by atoms with Crippen molar-refractivity contribution in [1.82, 2.24) is 0 Å². The van der Waals surface area contributed by atoms with Crippen molar-refractivity contribution in [1.29, 1.82) is 0 Å². The lowest BCUT2D eigenvalue weighted by molar-refractivity contribution is -0.116. The number of benzene rings is 2. The molecule has 0 spiro atoms. The molecule has 7 heteroatoms. The average Bonchev–Trinajstić information content (AvgIpc) is 2.55. The van der Waals surface area contributed by atoms with Gasteiger partial charge in [0, 0.05) is 12.1 Å². The minimum atomic E-state index is -3.37. The minimum absolute atomic E-state index is 0.146. The van der Waals surface area contributed by atoms with Crippen LogP contribution in [-0.4, -0.2) is 27.2 Å². The van der Waals surface area contributed by atoms with E-state index < -0.39 is 10.0 Å². The van der Waals surface area contributed by atoms with Gasteiger partial charge in [-0.05, 0) is 49.6 Å². The molecule has 2 rings (SSSR count). The van der Waals surface area contributed by atoms with Crippen molar-refractivity contribution in [3.8, 4) is 5.75 Å². The lowest BCUT2D eigenvalue weighted by Crippen LogP contribution is -2.14. The van der Waals surface area contributed by atoms with Crippen LogP contribution in [-0.2, 0) is 14.8 Å². The highest BCUT2D eigenvalue weighted by Gasteiger charge is 2.08. The average molecular weight is 376 g/mol. The normalized spacial score (nSPS) is 11.0. The van der Waals surface area contributed by atoms with E-state index in [1.54, 1.807) is 25.1 Å². The third-order valence-corrected chi connectivity index (χ3v) is 4.31. The Bertz CT molecular complexity index is 879. The number of para-hydroxylation sites is 1. The molecule has 0 saturated carbocycles. The number of hydrogen-bond acceptors (Lipinski definition) is 4. The molecule has 0 aliphatic heterocycles. The summed E-state index contributed by atoms with van der Waals surface area (Å²) in [6, 6.07) is 12.8. The zero-order valence-electron chi connectivity index (χ0n) is 15.2. The number of carbonyl (C=O) groups excluding carboxylic acids is 1. The van der Waals surface area contributed by atoms with E-state index in [2.05, 4.69) is 10.0 Å². The Hall–Kier alpha value is -2.54. The Morgan fingerprint density at radius 1 is 1.08 bits per heavy atom. The molecule has 2 aromatic rings. The predicted octanol–water partition coefficient (Wildman–Crippen LogP) is 3.47. The van der Waals surface area contributed by atoms with Gasteiger partial charge in [-0.2, -0.15) is 0 Å². The summed E-state index contributed by atoms with van der Waals surface area (Å²) in [4.78, 5) is 12.1. The first kappa shape index (κ1) is 19.8. The summed E-state index contributed by atoms with van der Waals surface area (Å²) in [5.74, 6) is 0.676. The summed E-state index contributed by atoms with van der Waals surface area (Å²) >= 11 is 0. The summed E-state index contributed by atoms with van der Waals surface area (Å²) in [5, 5.41) is 2.78. The molecule has 0 atom stereocenters. The van der Waals surface area contributed by atoms with Gasteiger partial charge in [-0.3, -0.25) is 9.52 Å². The molecule has 6 nitrogen and oxygen atoms in total. The van der Waals surface area contributed by atoms with E-state index in [-0.39, 0.29) is 5.91 Å². The Balaban J connectivity index is 1.84. The van der Waals surface area contributed by atoms with Crippen LogP contribution in [0, 0.1) is 13.8 Å². The third kappa shape index (κ3) is 6.40. The molecule has 0 aliphatic rings. The smallest absolute Gasteiger partial charge is 0.229 e. The molecule has 1 amide bonds. The van der Waals surface area contributed by atoms with Crippen molar-refractivity contribution in [3.05, 3.63) is 53.6 Å². The number of anilines is 2. The number of nitrogens with one attached hydrogen (secondary N) is 2. The van der Waals surface area contributed by atoms with Gasteiger partial charge in [0.2, 0.25) is 15.9 Å². The van der Waals surface area contributed by atoms with Gasteiger partial charge in [0.15, 0.2) is 0 Å². The molecule has 0 aromatic heterocycles.